The van der Waals surface area contributed by atoms with Gasteiger partial charge in [0.15, 0.2) is 0 Å². The van der Waals surface area contributed by atoms with E-state index in [9.17, 15) is 13.6 Å². The second kappa shape index (κ2) is 5.97. The molecule has 2 aromatic carbocycles. The van der Waals surface area contributed by atoms with Crippen LogP contribution in [-0.2, 0) is 0 Å². The second-order valence-corrected chi connectivity index (χ2v) is 4.84. The van der Waals surface area contributed by atoms with E-state index in [2.05, 4.69) is 0 Å². The Kier molecular flexibility index (Phi) is 4.28. The lowest BCUT2D eigenvalue weighted by molar-refractivity contribution is 0.0988. The molecule has 0 aliphatic rings. The molecular weight excluding hydrogens is 294 g/mol. The van der Waals surface area contributed by atoms with Crippen LogP contribution in [0.5, 0.6) is 0 Å². The standard InChI is InChI=1S/C15H12F2N2OS/c1-19(11-5-2-9(3-6-11)14(18)21)15(20)12-8-10(16)4-7-13(12)17/h2-8H,1H3,(H2,18,21). The summed E-state index contributed by atoms with van der Waals surface area (Å²) in [6.45, 7) is 0. The van der Waals surface area contributed by atoms with Crippen LogP contribution in [0, 0.1) is 11.6 Å². The van der Waals surface area contributed by atoms with Gasteiger partial charge in [0.1, 0.15) is 16.6 Å². The van der Waals surface area contributed by atoms with Gasteiger partial charge in [0, 0.05) is 18.3 Å². The first-order valence-corrected chi connectivity index (χ1v) is 6.44. The molecule has 2 N–H and O–H groups in total. The fourth-order valence-electron chi connectivity index (χ4n) is 1.81. The number of nitrogens with zero attached hydrogens (tertiary/aromatic N) is 1. The molecule has 1 amide bonds. The van der Waals surface area contributed by atoms with Gasteiger partial charge in [0.05, 0.1) is 5.56 Å². The van der Waals surface area contributed by atoms with Crippen molar-refractivity contribution in [3.63, 3.8) is 0 Å². The maximum Gasteiger partial charge on any atom is 0.261 e. The Morgan fingerprint density at radius 1 is 1.14 bits per heavy atom. The van der Waals surface area contributed by atoms with Gasteiger partial charge >= 0.3 is 0 Å². The van der Waals surface area contributed by atoms with Crippen molar-refractivity contribution < 1.29 is 13.6 Å². The van der Waals surface area contributed by atoms with Crippen molar-refractivity contribution in [2.24, 2.45) is 5.73 Å². The van der Waals surface area contributed by atoms with Gasteiger partial charge in [-0.15, -0.1) is 0 Å². The molecule has 0 bridgehead atoms. The highest BCUT2D eigenvalue weighted by atomic mass is 32.1. The van der Waals surface area contributed by atoms with Crippen molar-refractivity contribution in [2.75, 3.05) is 11.9 Å². The number of amides is 1. The second-order valence-electron chi connectivity index (χ2n) is 4.40. The summed E-state index contributed by atoms with van der Waals surface area (Å²) in [4.78, 5) is 13.7. The summed E-state index contributed by atoms with van der Waals surface area (Å²) in [6, 6.07) is 9.33. The number of halogens is 2. The molecule has 0 heterocycles. The molecule has 21 heavy (non-hydrogen) atoms. The number of nitrogens with two attached hydrogens (primary N) is 1. The minimum Gasteiger partial charge on any atom is -0.389 e. The van der Waals surface area contributed by atoms with Crippen LogP contribution in [0.4, 0.5) is 14.5 Å². The Labute approximate surface area is 126 Å². The maximum atomic E-state index is 13.6. The van der Waals surface area contributed by atoms with E-state index in [1.165, 1.54) is 11.9 Å². The first-order valence-electron chi connectivity index (χ1n) is 6.03. The summed E-state index contributed by atoms with van der Waals surface area (Å²) in [5, 5.41) is 0. The van der Waals surface area contributed by atoms with Crippen molar-refractivity contribution in [2.45, 2.75) is 0 Å². The molecule has 0 unspecified atom stereocenters. The van der Waals surface area contributed by atoms with E-state index in [0.717, 1.165) is 18.2 Å². The van der Waals surface area contributed by atoms with Crippen LogP contribution in [0.25, 0.3) is 0 Å². The van der Waals surface area contributed by atoms with Crippen LogP contribution in [0.15, 0.2) is 42.5 Å². The van der Waals surface area contributed by atoms with Gasteiger partial charge in [-0.3, -0.25) is 4.79 Å². The minimum atomic E-state index is -0.770. The van der Waals surface area contributed by atoms with Gasteiger partial charge in [-0.05, 0) is 42.5 Å². The molecule has 2 aromatic rings. The summed E-state index contributed by atoms with van der Waals surface area (Å²) in [6.07, 6.45) is 0. The monoisotopic (exact) mass is 306 g/mol. The SMILES string of the molecule is CN(C(=O)c1cc(F)ccc1F)c1ccc(C(N)=S)cc1. The van der Waals surface area contributed by atoms with Crippen molar-refractivity contribution in [1.82, 2.24) is 0 Å². The van der Waals surface area contributed by atoms with Crippen molar-refractivity contribution in [1.29, 1.82) is 0 Å². The fraction of sp³-hybridized carbons (Fsp3) is 0.0667. The molecule has 0 radical (unpaired) electrons. The van der Waals surface area contributed by atoms with Gasteiger partial charge in [0.25, 0.3) is 5.91 Å². The lowest BCUT2D eigenvalue weighted by Crippen LogP contribution is -2.27. The molecule has 3 nitrogen and oxygen atoms in total. The predicted molar refractivity (Wildman–Crippen MR) is 81.4 cm³/mol. The average Bonchev–Trinajstić information content (AvgIpc) is 2.48. The van der Waals surface area contributed by atoms with E-state index < -0.39 is 17.5 Å². The topological polar surface area (TPSA) is 46.3 Å². The third-order valence-corrected chi connectivity index (χ3v) is 3.24. The van der Waals surface area contributed by atoms with E-state index in [1.807, 2.05) is 0 Å². The van der Waals surface area contributed by atoms with Gasteiger partial charge in [-0.2, -0.15) is 0 Å². The average molecular weight is 306 g/mol. The highest BCUT2D eigenvalue weighted by Gasteiger charge is 2.18. The molecule has 0 aromatic heterocycles. The highest BCUT2D eigenvalue weighted by molar-refractivity contribution is 7.80. The Morgan fingerprint density at radius 3 is 2.33 bits per heavy atom. The third-order valence-electron chi connectivity index (χ3n) is 3.00. The lowest BCUT2D eigenvalue weighted by atomic mass is 10.1. The van der Waals surface area contributed by atoms with Gasteiger partial charge in [0.2, 0.25) is 0 Å². The molecule has 0 saturated carbocycles. The van der Waals surface area contributed by atoms with Crippen LogP contribution in [0.3, 0.4) is 0 Å². The van der Waals surface area contributed by atoms with Gasteiger partial charge < -0.3 is 10.6 Å². The Morgan fingerprint density at radius 2 is 1.76 bits per heavy atom. The maximum absolute atomic E-state index is 13.6. The zero-order valence-corrected chi connectivity index (χ0v) is 12.0. The molecule has 0 spiro atoms. The van der Waals surface area contributed by atoms with Gasteiger partial charge in [-0.1, -0.05) is 12.2 Å². The van der Waals surface area contributed by atoms with E-state index in [-0.39, 0.29) is 10.6 Å². The molecular formula is C15H12F2N2OS. The van der Waals surface area contributed by atoms with E-state index >= 15 is 0 Å². The molecule has 0 aliphatic carbocycles. The summed E-state index contributed by atoms with van der Waals surface area (Å²) in [5.41, 5.74) is 6.34. The molecule has 0 aliphatic heterocycles. The largest absolute Gasteiger partial charge is 0.389 e. The number of benzene rings is 2. The number of carbonyl (C=O) groups excluding carboxylic acids is 1. The number of hydrogen-bond acceptors (Lipinski definition) is 2. The quantitative estimate of drug-likeness (QED) is 0.887. The van der Waals surface area contributed by atoms with Crippen molar-refractivity contribution >= 4 is 28.8 Å². The Bertz CT molecular complexity index is 701. The third kappa shape index (κ3) is 3.22. The Balaban J connectivity index is 2.30. The first-order chi connectivity index (χ1) is 9.90. The molecule has 108 valence electrons. The van der Waals surface area contributed by atoms with Crippen LogP contribution >= 0.6 is 12.2 Å². The van der Waals surface area contributed by atoms with E-state index in [1.54, 1.807) is 24.3 Å². The molecule has 0 fully saturated rings. The van der Waals surface area contributed by atoms with Crippen molar-refractivity contribution in [3.05, 3.63) is 65.2 Å². The zero-order valence-electron chi connectivity index (χ0n) is 11.1. The number of hydrogen-bond donors (Lipinski definition) is 1. The smallest absolute Gasteiger partial charge is 0.261 e. The highest BCUT2D eigenvalue weighted by Crippen LogP contribution is 2.18. The Hall–Kier alpha value is -2.34. The number of rotatable bonds is 3. The predicted octanol–water partition coefficient (Wildman–Crippen LogP) is 2.88. The first kappa shape index (κ1) is 15.1. The van der Waals surface area contributed by atoms with Gasteiger partial charge in [-0.25, -0.2) is 8.78 Å². The normalized spacial score (nSPS) is 10.2. The minimum absolute atomic E-state index is 0.242. The molecule has 6 heteroatoms. The summed E-state index contributed by atoms with van der Waals surface area (Å²) >= 11 is 4.84. The fourth-order valence-corrected chi connectivity index (χ4v) is 1.94. The van der Waals surface area contributed by atoms with E-state index in [4.69, 9.17) is 18.0 Å². The molecule has 0 atom stereocenters. The summed E-state index contributed by atoms with van der Waals surface area (Å²) < 4.78 is 26.8. The number of anilines is 1. The zero-order chi connectivity index (χ0) is 15.6. The molecule has 2 rings (SSSR count). The van der Waals surface area contributed by atoms with Crippen LogP contribution in [0.2, 0.25) is 0 Å². The number of thiocarbonyl (C=S) groups is 1. The summed E-state index contributed by atoms with van der Waals surface area (Å²) in [5.74, 6) is -2.08. The lowest BCUT2D eigenvalue weighted by Gasteiger charge is -2.18. The number of carbonyl (C=O) groups is 1. The van der Waals surface area contributed by atoms with Crippen LogP contribution in [-0.4, -0.2) is 17.9 Å². The molecule has 0 saturated heterocycles. The van der Waals surface area contributed by atoms with Crippen LogP contribution in [0.1, 0.15) is 15.9 Å². The van der Waals surface area contributed by atoms with E-state index in [0.29, 0.717) is 11.3 Å². The van der Waals surface area contributed by atoms with Crippen molar-refractivity contribution in [3.8, 4) is 0 Å². The summed E-state index contributed by atoms with van der Waals surface area (Å²) in [7, 11) is 1.47. The van der Waals surface area contributed by atoms with Crippen LogP contribution < -0.4 is 10.6 Å².